The molecule has 4 aromatic carbocycles. The van der Waals surface area contributed by atoms with Crippen molar-refractivity contribution in [3.8, 4) is 44.9 Å². The van der Waals surface area contributed by atoms with Gasteiger partial charge in [0.15, 0.2) is 0 Å². The zero-order chi connectivity index (χ0) is 28.3. The maximum Gasteiger partial charge on any atom is 0.0873 e. The van der Waals surface area contributed by atoms with E-state index in [0.717, 1.165) is 33.8 Å². The fourth-order valence-corrected chi connectivity index (χ4v) is 5.42. The van der Waals surface area contributed by atoms with Crippen molar-refractivity contribution in [2.45, 2.75) is 51.7 Å². The molecule has 4 nitrogen and oxygen atoms in total. The van der Waals surface area contributed by atoms with Crippen molar-refractivity contribution in [1.29, 1.82) is 0 Å². The van der Waals surface area contributed by atoms with Crippen LogP contribution in [0, 0.1) is 6.07 Å². The summed E-state index contributed by atoms with van der Waals surface area (Å²) in [5.74, 6) is 0. The van der Waals surface area contributed by atoms with Gasteiger partial charge in [-0.1, -0.05) is 80.6 Å². The predicted molar refractivity (Wildman–Crippen MR) is 163 cm³/mol. The van der Waals surface area contributed by atoms with Crippen molar-refractivity contribution in [3.05, 3.63) is 120 Å². The molecule has 1 aliphatic rings. The number of rotatable bonds is 5. The van der Waals surface area contributed by atoms with Crippen molar-refractivity contribution in [3.63, 3.8) is 0 Å². The van der Waals surface area contributed by atoms with Gasteiger partial charge >= 0.3 is 0 Å². The van der Waals surface area contributed by atoms with Crippen LogP contribution < -0.4 is 0 Å². The molecule has 0 spiro atoms. The fourth-order valence-electron chi connectivity index (χ4n) is 5.42. The standard InChI is InChI=1S/C31H23N2.C5H12O2.Ir/c1-31(2)26-16-10-9-15-24(26)25-18-17-23(19-27(25)31)28-20-32-29(21-11-5-3-6-12-21)30(33-28)22-13-7-4-8-14-22;1-4(6)3-5(2)7;/h3-11,13-20H,1-2H3;4-7H,3H2,1-2H3;/q-1;;. The van der Waals surface area contributed by atoms with Gasteiger partial charge in [0.1, 0.15) is 0 Å². The molecular formula is C36H35IrN2O2-. The molecular weight excluding hydrogens is 685 g/mol. The molecule has 5 aromatic rings. The Hall–Kier alpha value is -3.47. The van der Waals surface area contributed by atoms with Gasteiger partial charge in [-0.2, -0.15) is 0 Å². The Bertz CT molecular complexity index is 1590. The van der Waals surface area contributed by atoms with Crippen LogP contribution in [0.3, 0.4) is 0 Å². The molecule has 1 aliphatic carbocycles. The summed E-state index contributed by atoms with van der Waals surface area (Å²) in [6.07, 6.45) is 1.61. The summed E-state index contributed by atoms with van der Waals surface area (Å²) >= 11 is 0. The van der Waals surface area contributed by atoms with Gasteiger partial charge < -0.3 is 15.2 Å². The Balaban J connectivity index is 0.000000434. The maximum atomic E-state index is 8.56. The van der Waals surface area contributed by atoms with E-state index in [-0.39, 0.29) is 37.7 Å². The second-order valence-electron chi connectivity index (χ2n) is 11.0. The first-order chi connectivity index (χ1) is 19.3. The van der Waals surface area contributed by atoms with Gasteiger partial charge in [0, 0.05) is 43.0 Å². The van der Waals surface area contributed by atoms with E-state index in [0.29, 0.717) is 6.42 Å². The van der Waals surface area contributed by atoms with E-state index >= 15 is 0 Å². The summed E-state index contributed by atoms with van der Waals surface area (Å²) in [5, 5.41) is 17.1. The zero-order valence-corrected chi connectivity index (χ0v) is 26.2. The fraction of sp³-hybridized carbons (Fsp3) is 0.222. The molecule has 0 saturated heterocycles. The van der Waals surface area contributed by atoms with Gasteiger partial charge in [-0.25, -0.2) is 0 Å². The van der Waals surface area contributed by atoms with Gasteiger partial charge in [0.05, 0.1) is 23.6 Å². The molecule has 6 rings (SSSR count). The van der Waals surface area contributed by atoms with Crippen LogP contribution in [0.15, 0.2) is 103 Å². The third kappa shape index (κ3) is 6.55. The minimum Gasteiger partial charge on any atom is -0.393 e. The number of hydrogen-bond donors (Lipinski definition) is 2. The normalized spacial score (nSPS) is 14.0. The van der Waals surface area contributed by atoms with Crippen LogP contribution in [0.4, 0.5) is 0 Å². The molecule has 41 heavy (non-hydrogen) atoms. The number of hydrogen-bond acceptors (Lipinski definition) is 4. The van der Waals surface area contributed by atoms with Crippen molar-refractivity contribution in [2.75, 3.05) is 0 Å². The van der Waals surface area contributed by atoms with Crippen LogP contribution in [0.25, 0.3) is 44.9 Å². The van der Waals surface area contributed by atoms with Crippen LogP contribution >= 0.6 is 0 Å². The molecule has 0 fully saturated rings. The number of aliphatic hydroxyl groups is 2. The Morgan fingerprint density at radius 1 is 0.732 bits per heavy atom. The van der Waals surface area contributed by atoms with E-state index in [1.165, 1.54) is 22.3 Å². The van der Waals surface area contributed by atoms with E-state index in [2.05, 4.69) is 74.5 Å². The van der Waals surface area contributed by atoms with E-state index < -0.39 is 0 Å². The Labute approximate surface area is 256 Å². The van der Waals surface area contributed by atoms with E-state index in [4.69, 9.17) is 20.2 Å². The van der Waals surface area contributed by atoms with Gasteiger partial charge in [-0.05, 0) is 54.2 Å². The predicted octanol–water partition coefficient (Wildman–Crippen LogP) is 7.72. The Morgan fingerprint density at radius 2 is 1.39 bits per heavy atom. The summed E-state index contributed by atoms with van der Waals surface area (Å²) in [6, 6.07) is 36.9. The number of aromatic nitrogens is 2. The number of fused-ring (bicyclic) bond motifs is 3. The van der Waals surface area contributed by atoms with Crippen molar-refractivity contribution >= 4 is 0 Å². The smallest absolute Gasteiger partial charge is 0.0873 e. The second-order valence-corrected chi connectivity index (χ2v) is 11.0. The number of aliphatic hydroxyl groups excluding tert-OH is 2. The average molecular weight is 720 g/mol. The first-order valence-corrected chi connectivity index (χ1v) is 13.8. The van der Waals surface area contributed by atoms with Crippen molar-refractivity contribution in [2.24, 2.45) is 0 Å². The molecule has 2 atom stereocenters. The van der Waals surface area contributed by atoms with E-state index in [1.807, 2.05) is 48.7 Å². The average Bonchev–Trinajstić information content (AvgIpc) is 3.19. The van der Waals surface area contributed by atoms with Gasteiger partial charge in [0.25, 0.3) is 0 Å². The first-order valence-electron chi connectivity index (χ1n) is 13.8. The van der Waals surface area contributed by atoms with Crippen LogP contribution in [-0.2, 0) is 25.5 Å². The molecule has 1 heterocycles. The minimum absolute atomic E-state index is 0. The third-order valence-electron chi connectivity index (χ3n) is 7.35. The quantitative estimate of drug-likeness (QED) is 0.183. The summed E-state index contributed by atoms with van der Waals surface area (Å²) in [5.41, 5.74) is 11.0. The molecule has 2 N–H and O–H groups in total. The van der Waals surface area contributed by atoms with Gasteiger partial charge in [-0.15, -0.1) is 35.9 Å². The number of benzene rings is 4. The van der Waals surface area contributed by atoms with Gasteiger partial charge in [0.2, 0.25) is 0 Å². The van der Waals surface area contributed by atoms with Crippen LogP contribution in [0.1, 0.15) is 45.2 Å². The number of nitrogens with zero attached hydrogens (tertiary/aromatic N) is 2. The van der Waals surface area contributed by atoms with Gasteiger partial charge in [-0.3, -0.25) is 4.98 Å². The van der Waals surface area contributed by atoms with Crippen molar-refractivity contribution < 1.29 is 30.3 Å². The zero-order valence-electron chi connectivity index (χ0n) is 23.8. The van der Waals surface area contributed by atoms with Crippen LogP contribution in [0.2, 0.25) is 0 Å². The monoisotopic (exact) mass is 720 g/mol. The minimum atomic E-state index is -0.375. The second kappa shape index (κ2) is 13.0. The molecule has 0 saturated carbocycles. The molecule has 5 heteroatoms. The van der Waals surface area contributed by atoms with E-state index in [9.17, 15) is 0 Å². The SMILES string of the molecule is CC(O)CC(C)O.CC1(C)c2ccccc2-c2ccc(-c3cnc(-c4[c-]cccc4)c(-c4ccccc4)n3)cc21.[Ir]. The van der Waals surface area contributed by atoms with Crippen LogP contribution in [0.5, 0.6) is 0 Å². The summed E-state index contributed by atoms with van der Waals surface area (Å²) < 4.78 is 0. The summed E-state index contributed by atoms with van der Waals surface area (Å²) in [6.45, 7) is 7.92. The third-order valence-corrected chi connectivity index (χ3v) is 7.35. The molecule has 1 aromatic heterocycles. The van der Waals surface area contributed by atoms with E-state index in [1.54, 1.807) is 13.8 Å². The molecule has 1 radical (unpaired) electrons. The first kappa shape index (κ1) is 30.5. The maximum absolute atomic E-state index is 8.56. The molecule has 211 valence electrons. The van der Waals surface area contributed by atoms with Crippen LogP contribution in [-0.4, -0.2) is 32.4 Å². The summed E-state index contributed by atoms with van der Waals surface area (Å²) in [4.78, 5) is 10.0. The topological polar surface area (TPSA) is 66.2 Å². The molecule has 0 bridgehead atoms. The Kier molecular flexibility index (Phi) is 9.68. The Morgan fingerprint density at radius 3 is 2.05 bits per heavy atom. The molecule has 0 amide bonds. The summed E-state index contributed by atoms with van der Waals surface area (Å²) in [7, 11) is 0. The molecule has 0 aliphatic heterocycles. The van der Waals surface area contributed by atoms with Crippen molar-refractivity contribution in [1.82, 2.24) is 9.97 Å². The largest absolute Gasteiger partial charge is 0.393 e. The molecule has 2 unspecified atom stereocenters.